The SMILES string of the molecule is COc1cccc(N2CCN(C(=O)c3oc4ccc(Br)cc4c3C)CC2)c1. The maximum atomic E-state index is 13.0. The summed E-state index contributed by atoms with van der Waals surface area (Å²) in [6.45, 7) is 4.83. The molecular formula is C21H21BrN2O3. The van der Waals surface area contributed by atoms with Crippen LogP contribution in [0, 0.1) is 6.92 Å². The Balaban J connectivity index is 1.49. The molecule has 3 aromatic rings. The van der Waals surface area contributed by atoms with Crippen molar-refractivity contribution in [3.8, 4) is 5.75 Å². The van der Waals surface area contributed by atoms with E-state index in [0.717, 1.165) is 45.5 Å². The van der Waals surface area contributed by atoms with Crippen LogP contribution in [0.25, 0.3) is 11.0 Å². The van der Waals surface area contributed by atoms with Crippen molar-refractivity contribution in [2.45, 2.75) is 6.92 Å². The van der Waals surface area contributed by atoms with Gasteiger partial charge in [0.25, 0.3) is 5.91 Å². The number of amides is 1. The van der Waals surface area contributed by atoms with Crippen molar-refractivity contribution < 1.29 is 13.9 Å². The minimum Gasteiger partial charge on any atom is -0.497 e. The van der Waals surface area contributed by atoms with Crippen LogP contribution in [0.2, 0.25) is 0 Å². The second kappa shape index (κ2) is 7.27. The highest BCUT2D eigenvalue weighted by Crippen LogP contribution is 2.29. The fourth-order valence-corrected chi connectivity index (χ4v) is 3.88. The van der Waals surface area contributed by atoms with Gasteiger partial charge in [-0.3, -0.25) is 4.79 Å². The van der Waals surface area contributed by atoms with E-state index >= 15 is 0 Å². The van der Waals surface area contributed by atoms with Crippen LogP contribution in [0.3, 0.4) is 0 Å². The van der Waals surface area contributed by atoms with E-state index in [0.29, 0.717) is 18.8 Å². The Morgan fingerprint density at radius 3 is 2.63 bits per heavy atom. The summed E-state index contributed by atoms with van der Waals surface area (Å²) in [5.41, 5.74) is 2.76. The van der Waals surface area contributed by atoms with Crippen molar-refractivity contribution >= 4 is 38.5 Å². The number of piperazine rings is 1. The van der Waals surface area contributed by atoms with E-state index in [1.807, 2.05) is 48.2 Å². The number of carbonyl (C=O) groups excluding carboxylic acids is 1. The predicted molar refractivity (Wildman–Crippen MR) is 110 cm³/mol. The summed E-state index contributed by atoms with van der Waals surface area (Å²) >= 11 is 3.48. The van der Waals surface area contributed by atoms with Gasteiger partial charge in [-0.2, -0.15) is 0 Å². The van der Waals surface area contributed by atoms with E-state index < -0.39 is 0 Å². The molecule has 0 unspecified atom stereocenters. The van der Waals surface area contributed by atoms with Crippen LogP contribution in [0.5, 0.6) is 5.75 Å². The number of hydrogen-bond donors (Lipinski definition) is 0. The molecule has 0 N–H and O–H groups in total. The second-order valence-electron chi connectivity index (χ2n) is 6.68. The number of benzene rings is 2. The maximum Gasteiger partial charge on any atom is 0.290 e. The Bertz CT molecular complexity index is 990. The molecule has 2 aromatic carbocycles. The van der Waals surface area contributed by atoms with Gasteiger partial charge in [-0.05, 0) is 37.3 Å². The van der Waals surface area contributed by atoms with E-state index in [4.69, 9.17) is 9.15 Å². The summed E-state index contributed by atoms with van der Waals surface area (Å²) < 4.78 is 12.2. The average molecular weight is 429 g/mol. The molecular weight excluding hydrogens is 408 g/mol. The third kappa shape index (κ3) is 3.41. The molecule has 0 aliphatic carbocycles. The Morgan fingerprint density at radius 1 is 1.11 bits per heavy atom. The summed E-state index contributed by atoms with van der Waals surface area (Å²) in [5, 5.41) is 0.975. The van der Waals surface area contributed by atoms with E-state index in [-0.39, 0.29) is 5.91 Å². The van der Waals surface area contributed by atoms with Gasteiger partial charge < -0.3 is 19.0 Å². The molecule has 0 bridgehead atoms. The molecule has 0 saturated carbocycles. The van der Waals surface area contributed by atoms with Crippen molar-refractivity contribution in [1.82, 2.24) is 4.90 Å². The third-order valence-electron chi connectivity index (χ3n) is 5.08. The number of halogens is 1. The number of hydrogen-bond acceptors (Lipinski definition) is 4. The lowest BCUT2D eigenvalue weighted by Gasteiger charge is -2.35. The summed E-state index contributed by atoms with van der Waals surface area (Å²) in [5.74, 6) is 1.25. The minimum absolute atomic E-state index is 0.0369. The summed E-state index contributed by atoms with van der Waals surface area (Å²) in [6, 6.07) is 13.8. The van der Waals surface area contributed by atoms with Crippen molar-refractivity contribution in [2.24, 2.45) is 0 Å². The van der Waals surface area contributed by atoms with E-state index in [1.165, 1.54) is 0 Å². The number of rotatable bonds is 3. The number of nitrogens with zero attached hydrogens (tertiary/aromatic N) is 2. The lowest BCUT2D eigenvalue weighted by molar-refractivity contribution is 0.0716. The van der Waals surface area contributed by atoms with Crippen LogP contribution in [0.1, 0.15) is 16.1 Å². The van der Waals surface area contributed by atoms with Gasteiger partial charge in [0.15, 0.2) is 5.76 Å². The molecule has 0 spiro atoms. The first kappa shape index (κ1) is 17.9. The number of anilines is 1. The van der Waals surface area contributed by atoms with Gasteiger partial charge in [0.05, 0.1) is 7.11 Å². The molecule has 140 valence electrons. The first-order valence-corrected chi connectivity index (χ1v) is 9.73. The van der Waals surface area contributed by atoms with E-state index in [9.17, 15) is 4.79 Å². The Kier molecular flexibility index (Phi) is 4.83. The maximum absolute atomic E-state index is 13.0. The van der Waals surface area contributed by atoms with Gasteiger partial charge in [0.1, 0.15) is 11.3 Å². The molecule has 1 aliphatic heterocycles. The highest BCUT2D eigenvalue weighted by Gasteiger charge is 2.27. The van der Waals surface area contributed by atoms with Crippen LogP contribution >= 0.6 is 15.9 Å². The molecule has 27 heavy (non-hydrogen) atoms. The highest BCUT2D eigenvalue weighted by atomic mass is 79.9. The van der Waals surface area contributed by atoms with E-state index in [1.54, 1.807) is 7.11 Å². The van der Waals surface area contributed by atoms with Gasteiger partial charge in [-0.15, -0.1) is 0 Å². The van der Waals surface area contributed by atoms with Gasteiger partial charge >= 0.3 is 0 Å². The molecule has 4 rings (SSSR count). The van der Waals surface area contributed by atoms with Crippen molar-refractivity contribution in [1.29, 1.82) is 0 Å². The summed E-state index contributed by atoms with van der Waals surface area (Å²) in [6.07, 6.45) is 0. The predicted octanol–water partition coefficient (Wildman–Crippen LogP) is 4.47. The topological polar surface area (TPSA) is 45.9 Å². The van der Waals surface area contributed by atoms with Crippen molar-refractivity contribution in [3.63, 3.8) is 0 Å². The van der Waals surface area contributed by atoms with E-state index in [2.05, 4.69) is 26.9 Å². The minimum atomic E-state index is -0.0369. The normalized spacial score (nSPS) is 14.6. The average Bonchev–Trinajstić information content (AvgIpc) is 3.03. The molecule has 1 aromatic heterocycles. The molecule has 5 nitrogen and oxygen atoms in total. The highest BCUT2D eigenvalue weighted by molar-refractivity contribution is 9.10. The molecule has 6 heteroatoms. The number of ether oxygens (including phenoxy) is 1. The fourth-order valence-electron chi connectivity index (χ4n) is 3.52. The molecule has 1 aliphatic rings. The lowest BCUT2D eigenvalue weighted by Crippen LogP contribution is -2.48. The van der Waals surface area contributed by atoms with Crippen LogP contribution in [0.4, 0.5) is 5.69 Å². The van der Waals surface area contributed by atoms with Gasteiger partial charge in [-0.1, -0.05) is 22.0 Å². The Morgan fingerprint density at radius 2 is 1.89 bits per heavy atom. The monoisotopic (exact) mass is 428 g/mol. The molecule has 1 amide bonds. The molecule has 2 heterocycles. The Hall–Kier alpha value is -2.47. The van der Waals surface area contributed by atoms with Crippen LogP contribution in [-0.4, -0.2) is 44.1 Å². The standard InChI is InChI=1S/C21H21BrN2O3/c1-14-18-12-15(22)6-7-19(18)27-20(14)21(25)24-10-8-23(9-11-24)16-4-3-5-17(13-16)26-2/h3-7,12-13H,8-11H2,1-2H3. The summed E-state index contributed by atoms with van der Waals surface area (Å²) in [7, 11) is 1.67. The smallest absolute Gasteiger partial charge is 0.290 e. The number of fused-ring (bicyclic) bond motifs is 1. The zero-order valence-corrected chi connectivity index (χ0v) is 17.0. The lowest BCUT2D eigenvalue weighted by atomic mass is 10.1. The third-order valence-corrected chi connectivity index (χ3v) is 5.57. The summed E-state index contributed by atoms with van der Waals surface area (Å²) in [4.78, 5) is 17.1. The first-order valence-electron chi connectivity index (χ1n) is 8.94. The van der Waals surface area contributed by atoms with Crippen molar-refractivity contribution in [3.05, 3.63) is 58.3 Å². The molecule has 1 fully saturated rings. The van der Waals surface area contributed by atoms with Gasteiger partial charge in [-0.25, -0.2) is 0 Å². The molecule has 0 radical (unpaired) electrons. The number of carbonyl (C=O) groups is 1. The second-order valence-corrected chi connectivity index (χ2v) is 7.59. The quantitative estimate of drug-likeness (QED) is 0.616. The fraction of sp³-hybridized carbons (Fsp3) is 0.286. The van der Waals surface area contributed by atoms with Crippen molar-refractivity contribution in [2.75, 3.05) is 38.2 Å². The van der Waals surface area contributed by atoms with Crippen LogP contribution in [-0.2, 0) is 0 Å². The largest absolute Gasteiger partial charge is 0.497 e. The zero-order valence-electron chi connectivity index (χ0n) is 15.4. The Labute approximate surface area is 166 Å². The zero-order chi connectivity index (χ0) is 19.0. The number of furan rings is 1. The van der Waals surface area contributed by atoms with Crippen LogP contribution < -0.4 is 9.64 Å². The van der Waals surface area contributed by atoms with Crippen LogP contribution in [0.15, 0.2) is 51.4 Å². The van der Waals surface area contributed by atoms with Gasteiger partial charge in [0.2, 0.25) is 0 Å². The molecule has 0 atom stereocenters. The molecule has 1 saturated heterocycles. The number of methoxy groups -OCH3 is 1. The number of aryl methyl sites for hydroxylation is 1. The van der Waals surface area contributed by atoms with Gasteiger partial charge in [0, 0.05) is 53.4 Å². The first-order chi connectivity index (χ1) is 13.1.